The van der Waals surface area contributed by atoms with Crippen molar-refractivity contribution in [1.29, 1.82) is 0 Å². The zero-order chi connectivity index (χ0) is 17.4. The third kappa shape index (κ3) is 4.79. The number of carbonyl (C=O) groups is 3. The second-order valence-corrected chi connectivity index (χ2v) is 5.51. The van der Waals surface area contributed by atoms with E-state index in [1.165, 1.54) is 4.90 Å². The van der Waals surface area contributed by atoms with E-state index in [9.17, 15) is 14.4 Å². The Hall–Kier alpha value is -2.41. The normalized spacial score (nSPS) is 14.1. The second kappa shape index (κ2) is 9.02. The van der Waals surface area contributed by atoms with Crippen LogP contribution in [0.5, 0.6) is 0 Å². The Morgan fingerprint density at radius 1 is 1.17 bits per heavy atom. The maximum atomic E-state index is 12.2. The summed E-state index contributed by atoms with van der Waals surface area (Å²) in [6.07, 6.45) is 1.86. The largest absolute Gasteiger partial charge is 0.378 e. The number of nitrogens with one attached hydrogen (secondary N) is 2. The van der Waals surface area contributed by atoms with Gasteiger partial charge in [0.2, 0.25) is 0 Å². The molecule has 2 N–H and O–H groups in total. The highest BCUT2D eigenvalue weighted by Crippen LogP contribution is 2.15. The number of para-hydroxylation sites is 1. The fraction of sp³-hybridized carbons (Fsp3) is 0.471. The van der Waals surface area contributed by atoms with Crippen LogP contribution in [0.2, 0.25) is 0 Å². The molecular weight excluding hydrogens is 310 g/mol. The predicted molar refractivity (Wildman–Crippen MR) is 89.7 cm³/mol. The fourth-order valence-corrected chi connectivity index (χ4v) is 2.35. The van der Waals surface area contributed by atoms with E-state index in [2.05, 4.69) is 10.6 Å². The molecule has 0 radical (unpaired) electrons. The number of rotatable bonds is 5. The molecule has 0 unspecified atom stereocenters. The minimum atomic E-state index is -0.745. The molecule has 0 aliphatic carbocycles. The number of anilines is 1. The molecule has 0 saturated carbocycles. The molecule has 130 valence electrons. The van der Waals surface area contributed by atoms with Gasteiger partial charge in [-0.15, -0.1) is 0 Å². The van der Waals surface area contributed by atoms with E-state index in [0.717, 1.165) is 12.8 Å². The molecule has 0 bridgehead atoms. The van der Waals surface area contributed by atoms with Crippen LogP contribution in [0.4, 0.5) is 5.69 Å². The summed E-state index contributed by atoms with van der Waals surface area (Å²) in [5, 5.41) is 5.35. The highest BCUT2D eigenvalue weighted by atomic mass is 16.5. The number of ether oxygens (including phenoxy) is 1. The number of hydrogen-bond donors (Lipinski definition) is 2. The van der Waals surface area contributed by atoms with Crippen LogP contribution in [-0.4, -0.2) is 55.5 Å². The van der Waals surface area contributed by atoms with Gasteiger partial charge in [0.1, 0.15) is 0 Å². The van der Waals surface area contributed by atoms with Crippen molar-refractivity contribution in [2.45, 2.75) is 19.8 Å². The topological polar surface area (TPSA) is 87.7 Å². The van der Waals surface area contributed by atoms with Gasteiger partial charge in [-0.3, -0.25) is 14.4 Å². The third-order valence-electron chi connectivity index (χ3n) is 3.73. The summed E-state index contributed by atoms with van der Waals surface area (Å²) in [5.74, 6) is -1.62. The van der Waals surface area contributed by atoms with Crippen molar-refractivity contribution in [3.05, 3.63) is 29.8 Å². The van der Waals surface area contributed by atoms with E-state index in [4.69, 9.17) is 4.74 Å². The minimum absolute atomic E-state index is 0.266. The molecule has 0 spiro atoms. The van der Waals surface area contributed by atoms with Crippen molar-refractivity contribution in [2.75, 3.05) is 38.2 Å². The number of morpholine rings is 1. The van der Waals surface area contributed by atoms with Gasteiger partial charge in [-0.1, -0.05) is 25.5 Å². The first-order valence-corrected chi connectivity index (χ1v) is 8.18. The SMILES string of the molecule is CCCCNC(=O)c1ccccc1NC(=O)C(=O)N1CCOCC1. The summed E-state index contributed by atoms with van der Waals surface area (Å²) in [4.78, 5) is 38.0. The van der Waals surface area contributed by atoms with Crippen LogP contribution < -0.4 is 10.6 Å². The van der Waals surface area contributed by atoms with E-state index in [1.807, 2.05) is 6.92 Å². The average Bonchev–Trinajstić information content (AvgIpc) is 2.62. The lowest BCUT2D eigenvalue weighted by molar-refractivity contribution is -0.145. The van der Waals surface area contributed by atoms with E-state index < -0.39 is 11.8 Å². The zero-order valence-electron chi connectivity index (χ0n) is 13.8. The van der Waals surface area contributed by atoms with Crippen LogP contribution in [-0.2, 0) is 14.3 Å². The van der Waals surface area contributed by atoms with Gasteiger partial charge in [0, 0.05) is 19.6 Å². The number of nitrogens with zero attached hydrogens (tertiary/aromatic N) is 1. The number of carbonyl (C=O) groups excluding carboxylic acids is 3. The average molecular weight is 333 g/mol. The van der Waals surface area contributed by atoms with E-state index >= 15 is 0 Å². The number of hydrogen-bond acceptors (Lipinski definition) is 4. The van der Waals surface area contributed by atoms with Gasteiger partial charge in [0.25, 0.3) is 5.91 Å². The molecule has 1 aliphatic rings. The Balaban J connectivity index is 2.02. The van der Waals surface area contributed by atoms with E-state index in [1.54, 1.807) is 24.3 Å². The molecule has 24 heavy (non-hydrogen) atoms. The second-order valence-electron chi connectivity index (χ2n) is 5.51. The van der Waals surface area contributed by atoms with Gasteiger partial charge in [0.05, 0.1) is 24.5 Å². The minimum Gasteiger partial charge on any atom is -0.378 e. The van der Waals surface area contributed by atoms with Gasteiger partial charge >= 0.3 is 11.8 Å². The van der Waals surface area contributed by atoms with Crippen LogP contribution in [0, 0.1) is 0 Å². The molecular formula is C17H23N3O4. The van der Waals surface area contributed by atoms with Crippen LogP contribution in [0.15, 0.2) is 24.3 Å². The number of benzene rings is 1. The van der Waals surface area contributed by atoms with Crippen molar-refractivity contribution in [1.82, 2.24) is 10.2 Å². The van der Waals surface area contributed by atoms with E-state index in [-0.39, 0.29) is 5.91 Å². The predicted octanol–water partition coefficient (Wildman–Crippen LogP) is 1.01. The Morgan fingerprint density at radius 3 is 2.58 bits per heavy atom. The summed E-state index contributed by atoms with van der Waals surface area (Å²) >= 11 is 0. The molecule has 1 aliphatic heterocycles. The third-order valence-corrected chi connectivity index (χ3v) is 3.73. The van der Waals surface area contributed by atoms with Crippen molar-refractivity contribution >= 4 is 23.4 Å². The highest BCUT2D eigenvalue weighted by molar-refractivity contribution is 6.39. The molecule has 7 heteroatoms. The van der Waals surface area contributed by atoms with Crippen LogP contribution in [0.1, 0.15) is 30.1 Å². The van der Waals surface area contributed by atoms with Crippen LogP contribution in [0.3, 0.4) is 0 Å². The van der Waals surface area contributed by atoms with Gasteiger partial charge in [-0.2, -0.15) is 0 Å². The maximum absolute atomic E-state index is 12.2. The Labute approximate surface area is 141 Å². The van der Waals surface area contributed by atoms with Crippen LogP contribution >= 0.6 is 0 Å². The molecule has 2 rings (SSSR count). The molecule has 7 nitrogen and oxygen atoms in total. The lowest BCUT2D eigenvalue weighted by Crippen LogP contribution is -2.46. The summed E-state index contributed by atoms with van der Waals surface area (Å²) in [5.41, 5.74) is 0.676. The van der Waals surface area contributed by atoms with Crippen molar-refractivity contribution in [3.63, 3.8) is 0 Å². The highest BCUT2D eigenvalue weighted by Gasteiger charge is 2.24. The van der Waals surface area contributed by atoms with Gasteiger partial charge < -0.3 is 20.3 Å². The first kappa shape index (κ1) is 17.9. The molecule has 1 fully saturated rings. The quantitative estimate of drug-likeness (QED) is 0.622. The monoisotopic (exact) mass is 333 g/mol. The first-order chi connectivity index (χ1) is 11.6. The maximum Gasteiger partial charge on any atom is 0.313 e. The summed E-state index contributed by atoms with van der Waals surface area (Å²) < 4.78 is 5.17. The smallest absolute Gasteiger partial charge is 0.313 e. The molecule has 1 aromatic rings. The zero-order valence-corrected chi connectivity index (χ0v) is 13.8. The first-order valence-electron chi connectivity index (χ1n) is 8.18. The molecule has 3 amide bonds. The fourth-order valence-electron chi connectivity index (χ4n) is 2.35. The lowest BCUT2D eigenvalue weighted by atomic mass is 10.1. The van der Waals surface area contributed by atoms with E-state index in [0.29, 0.717) is 44.1 Å². The van der Waals surface area contributed by atoms with Gasteiger partial charge in [-0.25, -0.2) is 0 Å². The number of unbranched alkanes of at least 4 members (excludes halogenated alkanes) is 1. The summed E-state index contributed by atoms with van der Waals surface area (Å²) in [6.45, 7) is 4.25. The Morgan fingerprint density at radius 2 is 1.88 bits per heavy atom. The lowest BCUT2D eigenvalue weighted by Gasteiger charge is -2.26. The van der Waals surface area contributed by atoms with Crippen LogP contribution in [0.25, 0.3) is 0 Å². The van der Waals surface area contributed by atoms with Gasteiger partial charge in [-0.05, 0) is 18.6 Å². The van der Waals surface area contributed by atoms with Crippen molar-refractivity contribution in [2.24, 2.45) is 0 Å². The summed E-state index contributed by atoms with van der Waals surface area (Å²) in [7, 11) is 0. The Bertz CT molecular complexity index is 597. The molecule has 0 aromatic heterocycles. The molecule has 1 aromatic carbocycles. The standard InChI is InChI=1S/C17H23N3O4/c1-2-3-8-18-15(21)13-6-4-5-7-14(13)19-16(22)17(23)20-9-11-24-12-10-20/h4-7H,2-3,8-12H2,1H3,(H,18,21)(H,19,22). The molecule has 1 heterocycles. The number of amides is 3. The molecule has 1 saturated heterocycles. The van der Waals surface area contributed by atoms with Crippen molar-refractivity contribution < 1.29 is 19.1 Å². The Kier molecular flexibility index (Phi) is 6.74. The molecule has 0 atom stereocenters. The van der Waals surface area contributed by atoms with Crippen molar-refractivity contribution in [3.8, 4) is 0 Å². The van der Waals surface area contributed by atoms with Gasteiger partial charge in [0.15, 0.2) is 0 Å². The summed E-state index contributed by atoms with van der Waals surface area (Å²) in [6, 6.07) is 6.65.